The van der Waals surface area contributed by atoms with Crippen molar-refractivity contribution >= 4 is 5.91 Å². The molecule has 0 aliphatic rings. The normalized spacial score (nSPS) is 12.9. The molecule has 0 bridgehead atoms. The fourth-order valence-electron chi connectivity index (χ4n) is 1.30. The Morgan fingerprint density at radius 1 is 1.43 bits per heavy atom. The van der Waals surface area contributed by atoms with Gasteiger partial charge in [-0.25, -0.2) is 0 Å². The van der Waals surface area contributed by atoms with Gasteiger partial charge >= 0.3 is 0 Å². The second-order valence-corrected chi connectivity index (χ2v) is 3.65. The number of carbonyl (C=O) groups excluding carboxylic acids is 1. The summed E-state index contributed by atoms with van der Waals surface area (Å²) in [6.07, 6.45) is 3.57. The molecule has 1 atom stereocenters. The van der Waals surface area contributed by atoms with E-state index in [0.29, 0.717) is 6.54 Å². The number of nitrogens with zero attached hydrogens (tertiary/aromatic N) is 1. The van der Waals surface area contributed by atoms with Gasteiger partial charge in [0.2, 0.25) is 5.91 Å². The molecule has 0 radical (unpaired) electrons. The zero-order valence-electron chi connectivity index (χ0n) is 8.60. The number of rotatable bonds is 4. The summed E-state index contributed by atoms with van der Waals surface area (Å²) in [5.74, 6) is 0.103. The van der Waals surface area contributed by atoms with Gasteiger partial charge in [0.25, 0.3) is 0 Å². The number of nitrogens with two attached hydrogens (primary N) is 1. The third-order valence-electron chi connectivity index (χ3n) is 2.24. The Morgan fingerprint density at radius 2 is 2.00 bits per heavy atom. The van der Waals surface area contributed by atoms with Crippen molar-refractivity contribution in [2.24, 2.45) is 17.6 Å². The Morgan fingerprint density at radius 3 is 2.43 bits per heavy atom. The highest BCUT2D eigenvalue weighted by atomic mass is 16.2. The summed E-state index contributed by atoms with van der Waals surface area (Å²) in [4.78, 5) is 11.7. The molecule has 0 aliphatic heterocycles. The fourth-order valence-corrected chi connectivity index (χ4v) is 1.30. The second-order valence-electron chi connectivity index (χ2n) is 3.65. The van der Waals surface area contributed by atoms with Crippen LogP contribution in [-0.2, 0) is 4.79 Å². The summed E-state index contributed by atoms with van der Waals surface area (Å²) in [7, 11) is 0. The van der Waals surface area contributed by atoms with Crippen LogP contribution < -0.4 is 11.2 Å². The molecule has 1 aromatic rings. The molecule has 0 aliphatic carbocycles. The lowest BCUT2D eigenvalue weighted by Crippen LogP contribution is -2.36. The quantitative estimate of drug-likeness (QED) is 0.746. The van der Waals surface area contributed by atoms with E-state index in [1.54, 1.807) is 17.1 Å². The summed E-state index contributed by atoms with van der Waals surface area (Å²) in [5, 5.41) is 0. The molecule has 78 valence electrons. The maximum Gasteiger partial charge on any atom is 0.243 e. The summed E-state index contributed by atoms with van der Waals surface area (Å²) in [6.45, 7) is 4.37. The molecule has 1 unspecified atom stereocenters. The maximum absolute atomic E-state index is 11.7. The van der Waals surface area contributed by atoms with Crippen LogP contribution in [-0.4, -0.2) is 17.1 Å². The number of carbonyl (C=O) groups is 1. The highest BCUT2D eigenvalue weighted by molar-refractivity contribution is 5.86. The van der Waals surface area contributed by atoms with E-state index in [4.69, 9.17) is 5.73 Å². The Balaban J connectivity index is 2.56. The molecule has 0 fully saturated rings. The lowest BCUT2D eigenvalue weighted by atomic mass is 9.95. The molecule has 4 nitrogen and oxygen atoms in total. The van der Waals surface area contributed by atoms with Crippen molar-refractivity contribution < 1.29 is 4.79 Å². The first-order chi connectivity index (χ1) is 6.65. The standard InChI is InChI=1S/C10H17N3O/c1-8(2)9(7-11)10(14)12-13-5-3-4-6-13/h3-6,8-9H,7,11H2,1-2H3,(H,12,14). The van der Waals surface area contributed by atoms with Crippen molar-refractivity contribution in [3.05, 3.63) is 24.5 Å². The van der Waals surface area contributed by atoms with Crippen LogP contribution >= 0.6 is 0 Å². The average Bonchev–Trinajstić information content (AvgIpc) is 2.57. The summed E-state index contributed by atoms with van der Waals surface area (Å²) in [5.41, 5.74) is 8.29. The van der Waals surface area contributed by atoms with Crippen LogP contribution in [0.4, 0.5) is 0 Å². The molecule has 0 saturated carbocycles. The van der Waals surface area contributed by atoms with E-state index in [9.17, 15) is 4.79 Å². The van der Waals surface area contributed by atoms with E-state index in [1.165, 1.54) is 0 Å². The van der Waals surface area contributed by atoms with Gasteiger partial charge in [0.05, 0.1) is 5.92 Å². The summed E-state index contributed by atoms with van der Waals surface area (Å²) in [6, 6.07) is 3.71. The smallest absolute Gasteiger partial charge is 0.243 e. The first-order valence-corrected chi connectivity index (χ1v) is 4.79. The van der Waals surface area contributed by atoms with Gasteiger partial charge in [-0.3, -0.25) is 14.9 Å². The molecular formula is C10H17N3O. The van der Waals surface area contributed by atoms with E-state index in [1.807, 2.05) is 26.0 Å². The van der Waals surface area contributed by atoms with E-state index in [2.05, 4.69) is 5.43 Å². The topological polar surface area (TPSA) is 60.1 Å². The molecule has 1 rings (SSSR count). The monoisotopic (exact) mass is 195 g/mol. The van der Waals surface area contributed by atoms with Gasteiger partial charge in [-0.15, -0.1) is 0 Å². The van der Waals surface area contributed by atoms with Gasteiger partial charge in [-0.05, 0) is 18.1 Å². The van der Waals surface area contributed by atoms with Crippen molar-refractivity contribution in [3.8, 4) is 0 Å². The highest BCUT2D eigenvalue weighted by Crippen LogP contribution is 2.09. The number of hydrogen-bond donors (Lipinski definition) is 2. The number of amides is 1. The van der Waals surface area contributed by atoms with Gasteiger partial charge in [-0.2, -0.15) is 0 Å². The Kier molecular flexibility index (Phi) is 3.71. The van der Waals surface area contributed by atoms with Gasteiger partial charge in [0, 0.05) is 18.9 Å². The zero-order valence-corrected chi connectivity index (χ0v) is 8.60. The van der Waals surface area contributed by atoms with Gasteiger partial charge in [-0.1, -0.05) is 13.8 Å². The van der Waals surface area contributed by atoms with E-state index in [-0.39, 0.29) is 17.7 Å². The molecule has 1 heterocycles. The van der Waals surface area contributed by atoms with Crippen molar-refractivity contribution in [1.82, 2.24) is 4.68 Å². The van der Waals surface area contributed by atoms with Crippen LogP contribution in [0.5, 0.6) is 0 Å². The predicted molar refractivity (Wildman–Crippen MR) is 56.2 cm³/mol. The van der Waals surface area contributed by atoms with Gasteiger partial charge in [0.15, 0.2) is 0 Å². The van der Waals surface area contributed by atoms with Crippen LogP contribution in [0.3, 0.4) is 0 Å². The third-order valence-corrected chi connectivity index (χ3v) is 2.24. The van der Waals surface area contributed by atoms with Crippen LogP contribution in [0.2, 0.25) is 0 Å². The van der Waals surface area contributed by atoms with Gasteiger partial charge in [0.1, 0.15) is 0 Å². The number of nitrogens with one attached hydrogen (secondary N) is 1. The lowest BCUT2D eigenvalue weighted by molar-refractivity contribution is -0.121. The van der Waals surface area contributed by atoms with Crippen molar-refractivity contribution in [2.75, 3.05) is 12.0 Å². The predicted octanol–water partition coefficient (Wildman–Crippen LogP) is 0.789. The molecule has 14 heavy (non-hydrogen) atoms. The fraction of sp³-hybridized carbons (Fsp3) is 0.500. The van der Waals surface area contributed by atoms with Gasteiger partial charge < -0.3 is 5.73 Å². The highest BCUT2D eigenvalue weighted by Gasteiger charge is 2.20. The Hall–Kier alpha value is -1.29. The molecule has 0 aromatic carbocycles. The van der Waals surface area contributed by atoms with E-state index < -0.39 is 0 Å². The summed E-state index contributed by atoms with van der Waals surface area (Å²) < 4.78 is 1.63. The lowest BCUT2D eigenvalue weighted by Gasteiger charge is -2.18. The minimum Gasteiger partial charge on any atom is -0.330 e. The second kappa shape index (κ2) is 4.81. The number of aromatic nitrogens is 1. The average molecular weight is 195 g/mol. The molecule has 3 N–H and O–H groups in total. The van der Waals surface area contributed by atoms with Crippen LogP contribution in [0.25, 0.3) is 0 Å². The zero-order chi connectivity index (χ0) is 10.6. The van der Waals surface area contributed by atoms with Crippen LogP contribution in [0.15, 0.2) is 24.5 Å². The molecular weight excluding hydrogens is 178 g/mol. The number of hydrogen-bond acceptors (Lipinski definition) is 2. The summed E-state index contributed by atoms with van der Waals surface area (Å²) >= 11 is 0. The largest absolute Gasteiger partial charge is 0.330 e. The third kappa shape index (κ3) is 2.60. The van der Waals surface area contributed by atoms with Crippen LogP contribution in [0, 0.1) is 11.8 Å². The van der Waals surface area contributed by atoms with E-state index in [0.717, 1.165) is 0 Å². The molecule has 4 heteroatoms. The van der Waals surface area contributed by atoms with Crippen molar-refractivity contribution in [3.63, 3.8) is 0 Å². The van der Waals surface area contributed by atoms with Crippen LogP contribution in [0.1, 0.15) is 13.8 Å². The first-order valence-electron chi connectivity index (χ1n) is 4.79. The first kappa shape index (κ1) is 10.8. The SMILES string of the molecule is CC(C)C(CN)C(=O)Nn1cccc1. The van der Waals surface area contributed by atoms with Crippen molar-refractivity contribution in [1.29, 1.82) is 0 Å². The molecule has 1 amide bonds. The Bertz CT molecular complexity index is 280. The molecule has 0 spiro atoms. The molecule has 0 saturated heterocycles. The minimum atomic E-state index is -0.127. The molecule has 1 aromatic heterocycles. The maximum atomic E-state index is 11.7. The van der Waals surface area contributed by atoms with Crippen molar-refractivity contribution in [2.45, 2.75) is 13.8 Å². The Labute approximate surface area is 84.1 Å². The minimum absolute atomic E-state index is 0.0290. The van der Waals surface area contributed by atoms with E-state index >= 15 is 0 Å².